The van der Waals surface area contributed by atoms with Gasteiger partial charge in [0.15, 0.2) is 0 Å². The van der Waals surface area contributed by atoms with Gasteiger partial charge < -0.3 is 35.8 Å². The maximum Gasteiger partial charge on any atom is 0.246 e. The fourth-order valence-corrected chi connectivity index (χ4v) is 9.93. The Morgan fingerprint density at radius 3 is 2.01 bits per heavy atom. The second-order valence-electron chi connectivity index (χ2n) is 19.3. The number of nitrogens with zero attached hydrogens (tertiary/aromatic N) is 2. The number of hydrogen-bond acceptors (Lipinski definition) is 9. The molecule has 4 amide bonds. The normalized spacial score (nSPS) is 15.4. The van der Waals surface area contributed by atoms with Gasteiger partial charge in [-0.15, -0.1) is 22.9 Å². The third-order valence-electron chi connectivity index (χ3n) is 12.8. The molecular weight excluding hydrogens is 934 g/mol. The van der Waals surface area contributed by atoms with Gasteiger partial charge in [0.05, 0.1) is 28.7 Å². The number of alkyl halides is 1. The summed E-state index contributed by atoms with van der Waals surface area (Å²) in [5.74, 6) is 0.436. The molecule has 71 heavy (non-hydrogen) atoms. The number of allylic oxidation sites excluding steroid dienone is 1. The topological polar surface area (TPSA) is 170 Å². The molecule has 1 saturated heterocycles. The highest BCUT2D eigenvalue weighted by atomic mass is 35.5. The van der Waals surface area contributed by atoms with Crippen LogP contribution in [0.25, 0.3) is 21.6 Å². The van der Waals surface area contributed by atoms with Crippen LogP contribution in [0, 0.1) is 12.3 Å². The monoisotopic (exact) mass is 1000 g/mol. The van der Waals surface area contributed by atoms with Crippen molar-refractivity contribution in [2.75, 3.05) is 25.6 Å². The number of rotatable bonds is 25. The molecule has 14 heteroatoms. The molecule has 1 aliphatic rings. The minimum atomic E-state index is -0.864. The number of unbranched alkanes of at least 4 members (excludes halogenated alkanes) is 6. The van der Waals surface area contributed by atoms with Crippen molar-refractivity contribution in [2.45, 2.75) is 123 Å². The van der Waals surface area contributed by atoms with E-state index in [1.807, 2.05) is 112 Å². The first-order valence-corrected chi connectivity index (χ1v) is 26.3. The van der Waals surface area contributed by atoms with E-state index in [1.165, 1.54) is 4.90 Å². The van der Waals surface area contributed by atoms with Crippen molar-refractivity contribution in [1.29, 1.82) is 0 Å². The fraction of sp³-hybridized carbons (Fsp3) is 0.421. The van der Waals surface area contributed by atoms with Crippen LogP contribution in [0.3, 0.4) is 0 Å². The molecule has 378 valence electrons. The number of aromatic hydroxyl groups is 1. The van der Waals surface area contributed by atoms with Gasteiger partial charge in [-0.2, -0.15) is 0 Å². The van der Waals surface area contributed by atoms with Gasteiger partial charge >= 0.3 is 0 Å². The van der Waals surface area contributed by atoms with Crippen LogP contribution in [0.15, 0.2) is 109 Å². The van der Waals surface area contributed by atoms with E-state index in [0.717, 1.165) is 88.1 Å². The van der Waals surface area contributed by atoms with Crippen LogP contribution in [0.2, 0.25) is 0 Å². The van der Waals surface area contributed by atoms with Gasteiger partial charge in [-0.3, -0.25) is 19.2 Å². The number of ether oxygens (including phenoxy) is 1. The number of phenols is 1. The first-order chi connectivity index (χ1) is 34.2. The van der Waals surface area contributed by atoms with Crippen molar-refractivity contribution in [3.8, 4) is 21.9 Å². The molecule has 6 rings (SSSR count). The number of aromatic nitrogens is 1. The van der Waals surface area contributed by atoms with E-state index in [0.29, 0.717) is 44.0 Å². The minimum absolute atomic E-state index is 0.00151. The zero-order valence-corrected chi connectivity index (χ0v) is 43.1. The summed E-state index contributed by atoms with van der Waals surface area (Å²) in [5.41, 5.74) is 9.34. The van der Waals surface area contributed by atoms with E-state index >= 15 is 0 Å². The molecule has 1 aliphatic heterocycles. The van der Waals surface area contributed by atoms with Gasteiger partial charge in [0.1, 0.15) is 30.2 Å². The molecule has 5 aromatic rings. The van der Waals surface area contributed by atoms with Crippen LogP contribution < -0.4 is 20.7 Å². The zero-order valence-electron chi connectivity index (χ0n) is 41.6. The Morgan fingerprint density at radius 2 is 1.41 bits per heavy atom. The lowest BCUT2D eigenvalue weighted by atomic mass is 9.85. The molecule has 3 atom stereocenters. The molecule has 0 aliphatic carbocycles. The summed E-state index contributed by atoms with van der Waals surface area (Å²) in [7, 11) is 0. The smallest absolute Gasteiger partial charge is 0.246 e. The van der Waals surface area contributed by atoms with E-state index in [9.17, 15) is 29.4 Å². The van der Waals surface area contributed by atoms with Crippen molar-refractivity contribution >= 4 is 57.7 Å². The van der Waals surface area contributed by atoms with E-state index < -0.39 is 23.6 Å². The number of hydrogen-bond donors (Lipinski definition) is 5. The van der Waals surface area contributed by atoms with Crippen molar-refractivity contribution in [3.63, 3.8) is 0 Å². The lowest BCUT2D eigenvalue weighted by molar-refractivity contribution is -0.144. The predicted molar refractivity (Wildman–Crippen MR) is 284 cm³/mol. The number of β-amino-alcohol motifs (C(OH)–C–C–N with tert-alkyl or cyclic N) is 1. The summed E-state index contributed by atoms with van der Waals surface area (Å²) in [4.78, 5) is 60.0. The largest absolute Gasteiger partial charge is 0.508 e. The molecule has 0 spiro atoms. The van der Waals surface area contributed by atoms with Crippen LogP contribution in [-0.4, -0.2) is 87.5 Å². The second kappa shape index (κ2) is 27.0. The molecule has 0 saturated carbocycles. The predicted octanol–water partition coefficient (Wildman–Crippen LogP) is 10.2. The summed E-state index contributed by atoms with van der Waals surface area (Å²) in [6.45, 7) is 8.67. The Balaban J connectivity index is 0.845. The van der Waals surface area contributed by atoms with Gasteiger partial charge in [-0.05, 0) is 94.8 Å². The van der Waals surface area contributed by atoms with Crippen molar-refractivity contribution < 1.29 is 34.1 Å². The zero-order chi connectivity index (χ0) is 50.8. The first kappa shape index (κ1) is 54.3. The standard InChI is InChI=1S/C57H70ClN5O7S/c1-39-53(71-38-61-39)44-21-19-40(20-22-44)36-60-55(68)49-35-46(65)37-63(49)56(69)54(57(2,3)4)62-51(67)18-14-9-7-5-6-8-13-17-50(66)59-33-34-70-47-29-25-43(26-30-47)52(42-23-27-45(64)28-24-42)48(31-32-58)41-15-11-10-12-16-41/h10-12,15-16,19-30,38,46,49,54,64-65H,5-9,13-14,17-18,31-37H2,1-4H3,(H,59,66)(H,60,68)(H,62,67)/t46-,49+,54?/m1/s1. The number of aliphatic hydroxyl groups is 1. The molecule has 12 nitrogen and oxygen atoms in total. The summed E-state index contributed by atoms with van der Waals surface area (Å²) in [5, 5.41) is 29.4. The maximum absolute atomic E-state index is 14.0. The highest BCUT2D eigenvalue weighted by Crippen LogP contribution is 2.36. The molecule has 1 aromatic heterocycles. The van der Waals surface area contributed by atoms with E-state index in [1.54, 1.807) is 23.5 Å². The number of halogens is 1. The number of carbonyl (C=O) groups excluding carboxylic acids is 4. The van der Waals surface area contributed by atoms with Crippen molar-refractivity contribution in [3.05, 3.63) is 137 Å². The highest BCUT2D eigenvalue weighted by molar-refractivity contribution is 7.13. The SMILES string of the molecule is Cc1ncsc1-c1ccc(CNC(=O)[C@@H]2C[C@@H](O)CN2C(=O)C(NC(=O)CCCCCCCCCC(=O)NCCOc2ccc(C(=C(CCCl)c3ccccc3)c3ccc(O)cc3)cc2)C(C)(C)C)cc1. The average Bonchev–Trinajstić information content (AvgIpc) is 3.98. The Kier molecular flexibility index (Phi) is 20.6. The number of carbonyl (C=O) groups is 4. The molecular formula is C57H70ClN5O7S. The van der Waals surface area contributed by atoms with Gasteiger partial charge in [-0.1, -0.05) is 132 Å². The van der Waals surface area contributed by atoms with Crippen molar-refractivity contribution in [2.24, 2.45) is 5.41 Å². The third-order valence-corrected chi connectivity index (χ3v) is 13.9. The number of phenolic OH excluding ortho intramolecular Hbond substituents is 1. The maximum atomic E-state index is 14.0. The lowest BCUT2D eigenvalue weighted by Crippen LogP contribution is -2.57. The first-order valence-electron chi connectivity index (χ1n) is 24.9. The summed E-state index contributed by atoms with van der Waals surface area (Å²) in [6, 6.07) is 31.5. The van der Waals surface area contributed by atoms with Gasteiger partial charge in [-0.25, -0.2) is 4.98 Å². The molecule has 4 aromatic carbocycles. The Hall–Kier alpha value is -6.02. The third kappa shape index (κ3) is 16.3. The van der Waals surface area contributed by atoms with Crippen LogP contribution in [-0.2, 0) is 25.7 Å². The van der Waals surface area contributed by atoms with E-state index in [4.69, 9.17) is 16.3 Å². The molecule has 5 N–H and O–H groups in total. The van der Waals surface area contributed by atoms with Gasteiger partial charge in [0.2, 0.25) is 23.6 Å². The number of aliphatic hydroxyl groups excluding tert-OH is 1. The highest BCUT2D eigenvalue weighted by Gasteiger charge is 2.44. The summed E-state index contributed by atoms with van der Waals surface area (Å²) < 4.78 is 5.97. The average molecular weight is 1000 g/mol. The lowest BCUT2D eigenvalue weighted by Gasteiger charge is -2.35. The Bertz CT molecular complexity index is 2520. The van der Waals surface area contributed by atoms with Crippen LogP contribution >= 0.6 is 22.9 Å². The quantitative estimate of drug-likeness (QED) is 0.0219. The molecule has 0 bridgehead atoms. The van der Waals surface area contributed by atoms with Crippen molar-refractivity contribution in [1.82, 2.24) is 25.8 Å². The van der Waals surface area contributed by atoms with Gasteiger partial charge in [0.25, 0.3) is 0 Å². The molecule has 1 unspecified atom stereocenters. The Labute approximate surface area is 428 Å². The number of aryl methyl sites for hydroxylation is 1. The molecule has 1 fully saturated rings. The number of amides is 4. The summed E-state index contributed by atoms with van der Waals surface area (Å²) in [6.07, 6.45) is 6.95. The Morgan fingerprint density at radius 1 is 0.789 bits per heavy atom. The van der Waals surface area contributed by atoms with E-state index in [-0.39, 0.29) is 55.3 Å². The number of thiazole rings is 1. The molecule has 2 heterocycles. The minimum Gasteiger partial charge on any atom is -0.508 e. The van der Waals surface area contributed by atoms with Crippen LogP contribution in [0.1, 0.15) is 119 Å². The van der Waals surface area contributed by atoms with Crippen LogP contribution in [0.4, 0.5) is 0 Å². The second-order valence-corrected chi connectivity index (χ2v) is 20.6. The fourth-order valence-electron chi connectivity index (χ4n) is 8.92. The molecule has 0 radical (unpaired) electrons. The number of nitrogens with one attached hydrogen (secondary N) is 3. The number of benzene rings is 4. The van der Waals surface area contributed by atoms with Gasteiger partial charge in [0, 0.05) is 38.2 Å². The summed E-state index contributed by atoms with van der Waals surface area (Å²) >= 11 is 7.88. The number of likely N-dealkylation sites (tertiary alicyclic amines) is 1. The van der Waals surface area contributed by atoms with Crippen LogP contribution in [0.5, 0.6) is 11.5 Å². The van der Waals surface area contributed by atoms with E-state index in [2.05, 4.69) is 33.1 Å².